The van der Waals surface area contributed by atoms with Gasteiger partial charge in [-0.3, -0.25) is 9.78 Å². The molecule has 0 atom stereocenters. The Hall–Kier alpha value is -0.900. The Balaban J connectivity index is 2.42. The number of hydrogen-bond acceptors (Lipinski definition) is 3. The summed E-state index contributed by atoms with van der Waals surface area (Å²) in [7, 11) is 0. The second kappa shape index (κ2) is 5.23. The fourth-order valence-corrected chi connectivity index (χ4v) is 3.18. The summed E-state index contributed by atoms with van der Waals surface area (Å²) >= 11 is 3.61. The standard InChI is InChI=1S/C15H21BrN2O/c1-8(2)12-6-18(7-12)15-13(11(5)19)9(3)17-10(4)14(15)16/h8,12H,6-7H2,1-5H3. The highest BCUT2D eigenvalue weighted by Gasteiger charge is 2.33. The third-order valence-electron chi connectivity index (χ3n) is 3.98. The van der Waals surface area contributed by atoms with E-state index in [1.807, 2.05) is 13.8 Å². The lowest BCUT2D eigenvalue weighted by molar-refractivity contribution is 0.101. The van der Waals surface area contributed by atoms with Crippen LogP contribution in [0.3, 0.4) is 0 Å². The largest absolute Gasteiger partial charge is 0.369 e. The van der Waals surface area contributed by atoms with E-state index in [1.165, 1.54) is 0 Å². The average Bonchev–Trinajstić information content (AvgIpc) is 2.21. The van der Waals surface area contributed by atoms with Gasteiger partial charge >= 0.3 is 0 Å². The van der Waals surface area contributed by atoms with Crippen molar-refractivity contribution in [1.82, 2.24) is 4.98 Å². The normalized spacial score (nSPS) is 15.8. The first-order chi connectivity index (χ1) is 8.82. The van der Waals surface area contributed by atoms with E-state index < -0.39 is 0 Å². The molecule has 1 aromatic rings. The highest BCUT2D eigenvalue weighted by molar-refractivity contribution is 9.10. The minimum Gasteiger partial charge on any atom is -0.369 e. The fourth-order valence-electron chi connectivity index (χ4n) is 2.64. The number of aryl methyl sites for hydroxylation is 2. The molecule has 19 heavy (non-hydrogen) atoms. The summed E-state index contributed by atoms with van der Waals surface area (Å²) < 4.78 is 0.963. The van der Waals surface area contributed by atoms with Crippen LogP contribution in [-0.2, 0) is 0 Å². The van der Waals surface area contributed by atoms with Gasteiger partial charge in [0.2, 0.25) is 0 Å². The third kappa shape index (κ3) is 2.55. The molecule has 0 aromatic carbocycles. The molecule has 4 heteroatoms. The molecule has 3 nitrogen and oxygen atoms in total. The van der Waals surface area contributed by atoms with Gasteiger partial charge in [0.15, 0.2) is 5.78 Å². The van der Waals surface area contributed by atoms with Gasteiger partial charge in [0.1, 0.15) is 0 Å². The number of pyridine rings is 1. The number of Topliss-reactive ketones (excluding diaryl/α,β-unsaturated/α-hetero) is 1. The topological polar surface area (TPSA) is 33.2 Å². The van der Waals surface area contributed by atoms with Crippen LogP contribution in [0.2, 0.25) is 0 Å². The van der Waals surface area contributed by atoms with Crippen LogP contribution < -0.4 is 4.90 Å². The number of aromatic nitrogens is 1. The average molecular weight is 325 g/mol. The lowest BCUT2D eigenvalue weighted by atomic mass is 9.87. The number of nitrogens with zero attached hydrogens (tertiary/aromatic N) is 2. The second-order valence-electron chi connectivity index (χ2n) is 5.79. The SMILES string of the molecule is CC(=O)c1c(C)nc(C)c(Br)c1N1CC(C(C)C)C1. The van der Waals surface area contributed by atoms with Crippen molar-refractivity contribution in [2.45, 2.75) is 34.6 Å². The van der Waals surface area contributed by atoms with Crippen molar-refractivity contribution in [3.63, 3.8) is 0 Å². The van der Waals surface area contributed by atoms with Crippen LogP contribution in [0.1, 0.15) is 42.5 Å². The molecule has 2 heterocycles. The maximum absolute atomic E-state index is 11.9. The molecule has 1 fully saturated rings. The Kier molecular flexibility index (Phi) is 4.00. The Morgan fingerprint density at radius 1 is 1.32 bits per heavy atom. The maximum atomic E-state index is 11.9. The van der Waals surface area contributed by atoms with Gasteiger partial charge in [-0.15, -0.1) is 0 Å². The van der Waals surface area contributed by atoms with Crippen molar-refractivity contribution < 1.29 is 4.79 Å². The van der Waals surface area contributed by atoms with E-state index in [2.05, 4.69) is 39.7 Å². The molecule has 1 saturated heterocycles. The molecule has 0 radical (unpaired) electrons. The number of hydrogen-bond donors (Lipinski definition) is 0. The lowest BCUT2D eigenvalue weighted by Gasteiger charge is -2.44. The van der Waals surface area contributed by atoms with E-state index in [0.29, 0.717) is 5.92 Å². The third-order valence-corrected chi connectivity index (χ3v) is 4.93. The summed E-state index contributed by atoms with van der Waals surface area (Å²) in [6.45, 7) is 12.1. The second-order valence-corrected chi connectivity index (χ2v) is 6.58. The zero-order valence-corrected chi connectivity index (χ0v) is 13.8. The molecule has 0 amide bonds. The van der Waals surface area contributed by atoms with Crippen molar-refractivity contribution in [3.05, 3.63) is 21.4 Å². The predicted octanol–water partition coefficient (Wildman–Crippen LogP) is 3.76. The van der Waals surface area contributed by atoms with Crippen molar-refractivity contribution in [1.29, 1.82) is 0 Å². The molecule has 0 aliphatic carbocycles. The molecule has 104 valence electrons. The summed E-state index contributed by atoms with van der Waals surface area (Å²) in [5.74, 6) is 1.51. The van der Waals surface area contributed by atoms with Gasteiger partial charge in [-0.1, -0.05) is 13.8 Å². The predicted molar refractivity (Wildman–Crippen MR) is 82.0 cm³/mol. The molecular weight excluding hydrogens is 304 g/mol. The molecule has 0 N–H and O–H groups in total. The van der Waals surface area contributed by atoms with Gasteiger partial charge in [-0.25, -0.2) is 0 Å². The summed E-state index contributed by atoms with van der Waals surface area (Å²) in [5.41, 5.74) is 3.58. The number of anilines is 1. The lowest BCUT2D eigenvalue weighted by Crippen LogP contribution is -2.49. The Morgan fingerprint density at radius 3 is 2.37 bits per heavy atom. The highest BCUT2D eigenvalue weighted by Crippen LogP contribution is 2.39. The number of ketones is 1. The quantitative estimate of drug-likeness (QED) is 0.794. The summed E-state index contributed by atoms with van der Waals surface area (Å²) in [6.07, 6.45) is 0. The molecular formula is C15H21BrN2O. The van der Waals surface area contributed by atoms with E-state index in [9.17, 15) is 4.79 Å². The van der Waals surface area contributed by atoms with Crippen LogP contribution >= 0.6 is 15.9 Å². The van der Waals surface area contributed by atoms with Crippen LogP contribution in [-0.4, -0.2) is 23.9 Å². The van der Waals surface area contributed by atoms with Gasteiger partial charge < -0.3 is 4.90 Å². The number of carbonyl (C=O) groups excluding carboxylic acids is 1. The zero-order valence-electron chi connectivity index (χ0n) is 12.2. The van der Waals surface area contributed by atoms with Gasteiger partial charge in [0.25, 0.3) is 0 Å². The summed E-state index contributed by atoms with van der Waals surface area (Å²) in [6, 6.07) is 0. The van der Waals surface area contributed by atoms with Gasteiger partial charge in [0, 0.05) is 13.1 Å². The Bertz CT molecular complexity index is 519. The molecule has 1 aromatic heterocycles. The van der Waals surface area contributed by atoms with E-state index in [0.717, 1.165) is 46.1 Å². The number of halogens is 1. The van der Waals surface area contributed by atoms with Crippen LogP contribution in [0.4, 0.5) is 5.69 Å². The van der Waals surface area contributed by atoms with E-state index >= 15 is 0 Å². The fraction of sp³-hybridized carbons (Fsp3) is 0.600. The minimum atomic E-state index is 0.0914. The van der Waals surface area contributed by atoms with Gasteiger partial charge in [0.05, 0.1) is 27.1 Å². The molecule has 2 rings (SSSR count). The zero-order chi connectivity index (χ0) is 14.3. The number of rotatable bonds is 3. The van der Waals surface area contributed by atoms with E-state index in [1.54, 1.807) is 6.92 Å². The van der Waals surface area contributed by atoms with E-state index in [4.69, 9.17) is 0 Å². The van der Waals surface area contributed by atoms with Crippen molar-refractivity contribution in [2.24, 2.45) is 11.8 Å². The van der Waals surface area contributed by atoms with Crippen LogP contribution in [0, 0.1) is 25.7 Å². The molecule has 1 aliphatic heterocycles. The minimum absolute atomic E-state index is 0.0914. The van der Waals surface area contributed by atoms with Crippen molar-refractivity contribution >= 4 is 27.4 Å². The highest BCUT2D eigenvalue weighted by atomic mass is 79.9. The number of carbonyl (C=O) groups is 1. The monoisotopic (exact) mass is 324 g/mol. The van der Waals surface area contributed by atoms with Crippen molar-refractivity contribution in [2.75, 3.05) is 18.0 Å². The molecule has 0 saturated carbocycles. The van der Waals surface area contributed by atoms with E-state index in [-0.39, 0.29) is 5.78 Å². The Morgan fingerprint density at radius 2 is 1.89 bits per heavy atom. The maximum Gasteiger partial charge on any atom is 0.163 e. The molecule has 0 spiro atoms. The van der Waals surface area contributed by atoms with Crippen LogP contribution in [0.25, 0.3) is 0 Å². The molecule has 1 aliphatic rings. The first kappa shape index (κ1) is 14.5. The van der Waals surface area contributed by atoms with Crippen LogP contribution in [0.15, 0.2) is 4.47 Å². The Labute approximate surface area is 123 Å². The smallest absolute Gasteiger partial charge is 0.163 e. The first-order valence-corrected chi connectivity index (χ1v) is 7.54. The van der Waals surface area contributed by atoms with Gasteiger partial charge in [-0.05, 0) is 48.5 Å². The molecule has 0 unspecified atom stereocenters. The van der Waals surface area contributed by atoms with Crippen molar-refractivity contribution in [3.8, 4) is 0 Å². The summed E-state index contributed by atoms with van der Waals surface area (Å²) in [5, 5.41) is 0. The first-order valence-electron chi connectivity index (χ1n) is 6.75. The van der Waals surface area contributed by atoms with Crippen LogP contribution in [0.5, 0.6) is 0 Å². The molecule has 0 bridgehead atoms. The van der Waals surface area contributed by atoms with Gasteiger partial charge in [-0.2, -0.15) is 0 Å². The summed E-state index contributed by atoms with van der Waals surface area (Å²) in [4.78, 5) is 18.7.